The third-order valence-electron chi connectivity index (χ3n) is 2.47. The standard InChI is InChI=1S/C12H14N4O2S2/c1-16(6-8-3-2-4-19-8)11(18)7-20-12-14-9(13)5-10(17)15-12/h2-5H,6-7H2,1H3,(H3,13,14,15,17). The number of aromatic amines is 1. The maximum atomic E-state index is 12.0. The van der Waals surface area contributed by atoms with Crippen LogP contribution in [0, 0.1) is 0 Å². The number of H-pyrrole nitrogens is 1. The lowest BCUT2D eigenvalue weighted by atomic mass is 10.4. The van der Waals surface area contributed by atoms with Crippen LogP contribution < -0.4 is 11.3 Å². The number of anilines is 1. The van der Waals surface area contributed by atoms with E-state index >= 15 is 0 Å². The summed E-state index contributed by atoms with van der Waals surface area (Å²) in [6, 6.07) is 5.14. The van der Waals surface area contributed by atoms with E-state index in [0.29, 0.717) is 11.7 Å². The van der Waals surface area contributed by atoms with Crippen molar-refractivity contribution in [2.24, 2.45) is 0 Å². The number of carbonyl (C=O) groups is 1. The predicted octanol–water partition coefficient (Wildman–Crippen LogP) is 1.16. The topological polar surface area (TPSA) is 92.1 Å². The number of nitrogens with zero attached hydrogens (tertiary/aromatic N) is 2. The van der Waals surface area contributed by atoms with Crippen LogP contribution in [0.25, 0.3) is 0 Å². The highest BCUT2D eigenvalue weighted by Gasteiger charge is 2.11. The summed E-state index contributed by atoms with van der Waals surface area (Å²) in [4.78, 5) is 32.5. The van der Waals surface area contributed by atoms with Crippen molar-refractivity contribution in [2.45, 2.75) is 11.7 Å². The first-order valence-electron chi connectivity index (χ1n) is 5.80. The Morgan fingerprint density at radius 2 is 2.40 bits per heavy atom. The van der Waals surface area contributed by atoms with Crippen molar-refractivity contribution in [3.05, 3.63) is 38.8 Å². The van der Waals surface area contributed by atoms with E-state index in [4.69, 9.17) is 5.73 Å². The Kier molecular flexibility index (Phi) is 4.80. The van der Waals surface area contributed by atoms with E-state index in [-0.39, 0.29) is 23.0 Å². The van der Waals surface area contributed by atoms with Gasteiger partial charge in [0.15, 0.2) is 5.16 Å². The summed E-state index contributed by atoms with van der Waals surface area (Å²) in [5, 5.41) is 2.33. The van der Waals surface area contributed by atoms with Crippen LogP contribution in [0.15, 0.2) is 33.5 Å². The average Bonchev–Trinajstić information content (AvgIpc) is 2.87. The van der Waals surface area contributed by atoms with E-state index in [2.05, 4.69) is 9.97 Å². The summed E-state index contributed by atoms with van der Waals surface area (Å²) >= 11 is 2.77. The highest BCUT2D eigenvalue weighted by molar-refractivity contribution is 7.99. The minimum Gasteiger partial charge on any atom is -0.383 e. The number of nitrogens with one attached hydrogen (secondary N) is 1. The highest BCUT2D eigenvalue weighted by Crippen LogP contribution is 2.15. The largest absolute Gasteiger partial charge is 0.383 e. The number of thioether (sulfide) groups is 1. The first-order valence-corrected chi connectivity index (χ1v) is 7.67. The fraction of sp³-hybridized carbons (Fsp3) is 0.250. The Bertz CT molecular complexity index is 639. The summed E-state index contributed by atoms with van der Waals surface area (Å²) in [6.45, 7) is 0.581. The van der Waals surface area contributed by atoms with E-state index in [1.54, 1.807) is 23.3 Å². The monoisotopic (exact) mass is 310 g/mol. The van der Waals surface area contributed by atoms with Gasteiger partial charge in [-0.05, 0) is 11.4 Å². The van der Waals surface area contributed by atoms with Gasteiger partial charge >= 0.3 is 0 Å². The van der Waals surface area contributed by atoms with Crippen LogP contribution in [0.1, 0.15) is 4.88 Å². The summed E-state index contributed by atoms with van der Waals surface area (Å²) in [5.41, 5.74) is 5.16. The van der Waals surface area contributed by atoms with Crippen molar-refractivity contribution in [1.29, 1.82) is 0 Å². The Morgan fingerprint density at radius 1 is 1.60 bits per heavy atom. The van der Waals surface area contributed by atoms with Gasteiger partial charge in [-0.3, -0.25) is 9.59 Å². The van der Waals surface area contributed by atoms with Crippen LogP contribution in [0.3, 0.4) is 0 Å². The van der Waals surface area contributed by atoms with Crippen LogP contribution in [-0.2, 0) is 11.3 Å². The number of nitrogen functional groups attached to an aromatic ring is 1. The Morgan fingerprint density at radius 3 is 3.05 bits per heavy atom. The SMILES string of the molecule is CN(Cc1cccs1)C(=O)CSc1nc(N)cc(=O)[nH]1. The van der Waals surface area contributed by atoms with Gasteiger partial charge in [-0.15, -0.1) is 11.3 Å². The Hall–Kier alpha value is -1.80. The molecule has 2 aromatic heterocycles. The fourth-order valence-corrected chi connectivity index (χ4v) is 3.07. The maximum absolute atomic E-state index is 12.0. The average molecular weight is 310 g/mol. The molecule has 3 N–H and O–H groups in total. The molecule has 0 aliphatic carbocycles. The number of nitrogens with two attached hydrogens (primary N) is 1. The molecule has 8 heteroatoms. The molecule has 0 saturated carbocycles. The van der Waals surface area contributed by atoms with Crippen molar-refractivity contribution < 1.29 is 4.79 Å². The second kappa shape index (κ2) is 6.58. The number of thiophene rings is 1. The molecule has 0 spiro atoms. The molecule has 6 nitrogen and oxygen atoms in total. The van der Waals surface area contributed by atoms with Gasteiger partial charge in [-0.2, -0.15) is 0 Å². The number of hydrogen-bond acceptors (Lipinski definition) is 6. The van der Waals surface area contributed by atoms with Gasteiger partial charge < -0.3 is 15.6 Å². The zero-order valence-electron chi connectivity index (χ0n) is 10.8. The zero-order valence-corrected chi connectivity index (χ0v) is 12.5. The Balaban J connectivity index is 1.89. The van der Waals surface area contributed by atoms with E-state index < -0.39 is 0 Å². The maximum Gasteiger partial charge on any atom is 0.253 e. The summed E-state index contributed by atoms with van der Waals surface area (Å²) in [5.74, 6) is 0.318. The molecule has 0 aliphatic heterocycles. The molecular formula is C12H14N4O2S2. The third kappa shape index (κ3) is 4.10. The first-order chi connectivity index (χ1) is 9.54. The van der Waals surface area contributed by atoms with Gasteiger partial charge in [0.2, 0.25) is 5.91 Å². The minimum absolute atomic E-state index is 0.0338. The molecule has 2 heterocycles. The summed E-state index contributed by atoms with van der Waals surface area (Å²) < 4.78 is 0. The third-order valence-corrected chi connectivity index (χ3v) is 4.19. The molecule has 0 saturated heterocycles. The van der Waals surface area contributed by atoms with Crippen molar-refractivity contribution >= 4 is 34.8 Å². The molecule has 106 valence electrons. The van der Waals surface area contributed by atoms with E-state index in [0.717, 1.165) is 16.6 Å². The van der Waals surface area contributed by atoms with Gasteiger partial charge in [0.05, 0.1) is 12.3 Å². The van der Waals surface area contributed by atoms with E-state index in [1.165, 1.54) is 6.07 Å². The number of aromatic nitrogens is 2. The fourth-order valence-electron chi connectivity index (χ4n) is 1.49. The second-order valence-electron chi connectivity index (χ2n) is 4.09. The minimum atomic E-state index is -0.320. The molecule has 1 amide bonds. The van der Waals surface area contributed by atoms with Gasteiger partial charge in [0.1, 0.15) is 5.82 Å². The van der Waals surface area contributed by atoms with E-state index in [9.17, 15) is 9.59 Å². The molecule has 0 fully saturated rings. The van der Waals surface area contributed by atoms with Gasteiger partial charge in [0, 0.05) is 18.0 Å². The molecule has 2 rings (SSSR count). The highest BCUT2D eigenvalue weighted by atomic mass is 32.2. The molecule has 2 aromatic rings. The number of amides is 1. The van der Waals surface area contributed by atoms with Crippen LogP contribution in [0.4, 0.5) is 5.82 Å². The lowest BCUT2D eigenvalue weighted by Crippen LogP contribution is -2.27. The molecule has 0 unspecified atom stereocenters. The normalized spacial score (nSPS) is 10.4. The van der Waals surface area contributed by atoms with Gasteiger partial charge in [0.25, 0.3) is 5.56 Å². The number of carbonyl (C=O) groups excluding carboxylic acids is 1. The van der Waals surface area contributed by atoms with Crippen LogP contribution in [0.2, 0.25) is 0 Å². The van der Waals surface area contributed by atoms with Crippen molar-refractivity contribution in [2.75, 3.05) is 18.5 Å². The van der Waals surface area contributed by atoms with Crippen LogP contribution in [-0.4, -0.2) is 33.6 Å². The number of rotatable bonds is 5. The second-order valence-corrected chi connectivity index (χ2v) is 6.09. The quantitative estimate of drug-likeness (QED) is 0.639. The van der Waals surface area contributed by atoms with Crippen molar-refractivity contribution in [3.63, 3.8) is 0 Å². The molecular weight excluding hydrogens is 296 g/mol. The predicted molar refractivity (Wildman–Crippen MR) is 80.8 cm³/mol. The van der Waals surface area contributed by atoms with Gasteiger partial charge in [-0.1, -0.05) is 17.8 Å². The molecule has 0 aromatic carbocycles. The van der Waals surface area contributed by atoms with Crippen molar-refractivity contribution in [3.8, 4) is 0 Å². The molecule has 20 heavy (non-hydrogen) atoms. The lowest BCUT2D eigenvalue weighted by molar-refractivity contribution is -0.127. The lowest BCUT2D eigenvalue weighted by Gasteiger charge is -2.15. The molecule has 0 aliphatic rings. The molecule has 0 radical (unpaired) electrons. The zero-order chi connectivity index (χ0) is 14.5. The van der Waals surface area contributed by atoms with Gasteiger partial charge in [-0.25, -0.2) is 4.98 Å². The molecule has 0 atom stereocenters. The van der Waals surface area contributed by atoms with Crippen molar-refractivity contribution in [1.82, 2.24) is 14.9 Å². The van der Waals surface area contributed by atoms with E-state index in [1.807, 2.05) is 17.5 Å². The van der Waals surface area contributed by atoms with Crippen LogP contribution in [0.5, 0.6) is 0 Å². The number of hydrogen-bond donors (Lipinski definition) is 2. The smallest absolute Gasteiger partial charge is 0.253 e. The Labute approximate surface area is 124 Å². The first kappa shape index (κ1) is 14.6. The summed E-state index contributed by atoms with van der Waals surface area (Å²) in [7, 11) is 1.75. The summed E-state index contributed by atoms with van der Waals surface area (Å²) in [6.07, 6.45) is 0. The molecule has 0 bridgehead atoms. The van der Waals surface area contributed by atoms with Crippen LogP contribution >= 0.6 is 23.1 Å².